The first kappa shape index (κ1) is 13.9. The SMILES string of the molecule is CCCC(C)(O)CNC(C)CC1CCCN1. The summed E-state index contributed by atoms with van der Waals surface area (Å²) in [6.07, 6.45) is 5.69. The van der Waals surface area contributed by atoms with E-state index in [1.165, 1.54) is 25.8 Å². The topological polar surface area (TPSA) is 44.3 Å². The van der Waals surface area contributed by atoms with Crippen molar-refractivity contribution in [2.24, 2.45) is 0 Å². The highest BCUT2D eigenvalue weighted by atomic mass is 16.3. The molecule has 0 saturated carbocycles. The third-order valence-electron chi connectivity index (χ3n) is 3.42. The number of rotatable bonds is 7. The molecular formula is C13H28N2O. The summed E-state index contributed by atoms with van der Waals surface area (Å²) in [5.41, 5.74) is -0.549. The molecule has 3 atom stereocenters. The zero-order chi connectivity index (χ0) is 12.0. The fourth-order valence-corrected chi connectivity index (χ4v) is 2.49. The normalized spacial score (nSPS) is 26.6. The van der Waals surface area contributed by atoms with Crippen molar-refractivity contribution in [2.75, 3.05) is 13.1 Å². The van der Waals surface area contributed by atoms with Crippen molar-refractivity contribution in [1.29, 1.82) is 0 Å². The Kier molecular flexibility index (Phi) is 5.73. The molecule has 1 fully saturated rings. The summed E-state index contributed by atoms with van der Waals surface area (Å²) in [7, 11) is 0. The molecule has 1 heterocycles. The molecule has 0 aromatic heterocycles. The molecule has 1 rings (SSSR count). The fraction of sp³-hybridized carbons (Fsp3) is 1.00. The van der Waals surface area contributed by atoms with E-state index in [2.05, 4.69) is 24.5 Å². The maximum absolute atomic E-state index is 10.0. The second-order valence-electron chi connectivity index (χ2n) is 5.56. The first-order chi connectivity index (χ1) is 7.53. The number of nitrogens with one attached hydrogen (secondary N) is 2. The van der Waals surface area contributed by atoms with Gasteiger partial charge in [0.2, 0.25) is 0 Å². The van der Waals surface area contributed by atoms with Gasteiger partial charge in [0.15, 0.2) is 0 Å². The quantitative estimate of drug-likeness (QED) is 0.621. The van der Waals surface area contributed by atoms with Crippen LogP contribution in [0.15, 0.2) is 0 Å². The van der Waals surface area contributed by atoms with E-state index in [1.54, 1.807) is 0 Å². The second kappa shape index (κ2) is 6.58. The average Bonchev–Trinajstić information content (AvgIpc) is 2.68. The molecule has 0 bridgehead atoms. The van der Waals surface area contributed by atoms with Crippen LogP contribution in [0.1, 0.15) is 52.9 Å². The number of hydrogen-bond acceptors (Lipinski definition) is 3. The Hall–Kier alpha value is -0.120. The molecule has 0 aliphatic carbocycles. The lowest BCUT2D eigenvalue weighted by Crippen LogP contribution is -2.43. The van der Waals surface area contributed by atoms with Gasteiger partial charge in [-0.2, -0.15) is 0 Å². The molecule has 1 aliphatic heterocycles. The van der Waals surface area contributed by atoms with Crippen molar-refractivity contribution < 1.29 is 5.11 Å². The van der Waals surface area contributed by atoms with Gasteiger partial charge in [-0.3, -0.25) is 0 Å². The standard InChI is InChI=1S/C13H28N2O/c1-4-7-13(3,16)10-15-11(2)9-12-6-5-8-14-12/h11-12,14-16H,4-10H2,1-3H3. The zero-order valence-corrected chi connectivity index (χ0v) is 11.1. The van der Waals surface area contributed by atoms with Crippen molar-refractivity contribution in [3.05, 3.63) is 0 Å². The van der Waals surface area contributed by atoms with Gasteiger partial charge < -0.3 is 15.7 Å². The van der Waals surface area contributed by atoms with Crippen LogP contribution in [-0.2, 0) is 0 Å². The maximum Gasteiger partial charge on any atom is 0.0743 e. The predicted molar refractivity (Wildman–Crippen MR) is 68.6 cm³/mol. The summed E-state index contributed by atoms with van der Waals surface area (Å²) < 4.78 is 0. The maximum atomic E-state index is 10.0. The molecule has 3 nitrogen and oxygen atoms in total. The lowest BCUT2D eigenvalue weighted by Gasteiger charge is -2.26. The van der Waals surface area contributed by atoms with E-state index in [-0.39, 0.29) is 0 Å². The highest BCUT2D eigenvalue weighted by Gasteiger charge is 2.21. The van der Waals surface area contributed by atoms with Crippen LogP contribution in [0.5, 0.6) is 0 Å². The van der Waals surface area contributed by atoms with Crippen molar-refractivity contribution in [3.8, 4) is 0 Å². The first-order valence-corrected chi connectivity index (χ1v) is 6.72. The molecule has 0 amide bonds. The molecular weight excluding hydrogens is 200 g/mol. The summed E-state index contributed by atoms with van der Waals surface area (Å²) in [4.78, 5) is 0. The predicted octanol–water partition coefficient (Wildman–Crippen LogP) is 1.66. The summed E-state index contributed by atoms with van der Waals surface area (Å²) >= 11 is 0. The van der Waals surface area contributed by atoms with Gasteiger partial charge in [-0.15, -0.1) is 0 Å². The van der Waals surface area contributed by atoms with E-state index in [0.717, 1.165) is 12.8 Å². The molecule has 16 heavy (non-hydrogen) atoms. The third kappa shape index (κ3) is 5.28. The van der Waals surface area contributed by atoms with Gasteiger partial charge in [0, 0.05) is 18.6 Å². The van der Waals surface area contributed by atoms with Gasteiger partial charge in [0.05, 0.1) is 5.60 Å². The van der Waals surface area contributed by atoms with Gasteiger partial charge in [0.1, 0.15) is 0 Å². The molecule has 0 spiro atoms. The van der Waals surface area contributed by atoms with Crippen LogP contribution in [0.4, 0.5) is 0 Å². The van der Waals surface area contributed by atoms with Gasteiger partial charge in [-0.1, -0.05) is 13.3 Å². The molecule has 3 unspecified atom stereocenters. The van der Waals surface area contributed by atoms with E-state index < -0.39 is 5.60 Å². The van der Waals surface area contributed by atoms with E-state index in [9.17, 15) is 5.11 Å². The Morgan fingerprint density at radius 2 is 2.31 bits per heavy atom. The monoisotopic (exact) mass is 228 g/mol. The Labute approximate surface area is 100 Å². The van der Waals surface area contributed by atoms with E-state index in [1.807, 2.05) is 6.92 Å². The molecule has 96 valence electrons. The van der Waals surface area contributed by atoms with Crippen LogP contribution in [0.3, 0.4) is 0 Å². The van der Waals surface area contributed by atoms with E-state index in [0.29, 0.717) is 18.6 Å². The highest BCUT2D eigenvalue weighted by molar-refractivity contribution is 4.81. The Morgan fingerprint density at radius 1 is 1.56 bits per heavy atom. The summed E-state index contributed by atoms with van der Waals surface area (Å²) in [5.74, 6) is 0. The van der Waals surface area contributed by atoms with Crippen LogP contribution in [-0.4, -0.2) is 35.9 Å². The molecule has 0 aromatic carbocycles. The lowest BCUT2D eigenvalue weighted by atomic mass is 9.99. The van der Waals surface area contributed by atoms with Gasteiger partial charge >= 0.3 is 0 Å². The van der Waals surface area contributed by atoms with Crippen molar-refractivity contribution in [2.45, 2.75) is 70.6 Å². The zero-order valence-electron chi connectivity index (χ0n) is 11.1. The van der Waals surface area contributed by atoms with E-state index >= 15 is 0 Å². The van der Waals surface area contributed by atoms with Crippen molar-refractivity contribution in [3.63, 3.8) is 0 Å². The molecule has 1 aliphatic rings. The van der Waals surface area contributed by atoms with Crippen LogP contribution in [0.25, 0.3) is 0 Å². The van der Waals surface area contributed by atoms with Crippen LogP contribution >= 0.6 is 0 Å². The first-order valence-electron chi connectivity index (χ1n) is 6.72. The number of hydrogen-bond donors (Lipinski definition) is 3. The summed E-state index contributed by atoms with van der Waals surface area (Å²) in [6, 6.07) is 1.16. The third-order valence-corrected chi connectivity index (χ3v) is 3.42. The minimum atomic E-state index is -0.549. The van der Waals surface area contributed by atoms with Crippen LogP contribution in [0, 0.1) is 0 Å². The lowest BCUT2D eigenvalue weighted by molar-refractivity contribution is 0.0471. The minimum absolute atomic E-state index is 0.485. The highest BCUT2D eigenvalue weighted by Crippen LogP contribution is 2.13. The fourth-order valence-electron chi connectivity index (χ4n) is 2.49. The Balaban J connectivity index is 2.15. The molecule has 1 saturated heterocycles. The van der Waals surface area contributed by atoms with Gasteiger partial charge in [0.25, 0.3) is 0 Å². The van der Waals surface area contributed by atoms with Crippen molar-refractivity contribution in [1.82, 2.24) is 10.6 Å². The van der Waals surface area contributed by atoms with Gasteiger partial charge in [-0.25, -0.2) is 0 Å². The number of aliphatic hydroxyl groups is 1. The second-order valence-corrected chi connectivity index (χ2v) is 5.56. The summed E-state index contributed by atoms with van der Waals surface area (Å²) in [5, 5.41) is 17.0. The molecule has 0 radical (unpaired) electrons. The molecule has 3 N–H and O–H groups in total. The Bertz CT molecular complexity index is 188. The van der Waals surface area contributed by atoms with Crippen LogP contribution < -0.4 is 10.6 Å². The largest absolute Gasteiger partial charge is 0.389 e. The average molecular weight is 228 g/mol. The van der Waals surface area contributed by atoms with Crippen molar-refractivity contribution >= 4 is 0 Å². The van der Waals surface area contributed by atoms with Crippen LogP contribution in [0.2, 0.25) is 0 Å². The van der Waals surface area contributed by atoms with E-state index in [4.69, 9.17) is 0 Å². The molecule has 3 heteroatoms. The molecule has 0 aromatic rings. The smallest absolute Gasteiger partial charge is 0.0743 e. The summed E-state index contributed by atoms with van der Waals surface area (Å²) in [6.45, 7) is 8.12. The van der Waals surface area contributed by atoms with Gasteiger partial charge in [-0.05, 0) is 46.1 Å². The Morgan fingerprint density at radius 3 is 2.88 bits per heavy atom. The minimum Gasteiger partial charge on any atom is -0.389 e.